The Morgan fingerprint density at radius 2 is 2.00 bits per heavy atom. The first-order chi connectivity index (χ1) is 9.54. The monoisotopic (exact) mass is 279 g/mol. The van der Waals surface area contributed by atoms with Crippen molar-refractivity contribution in [2.24, 2.45) is 5.92 Å². The molecule has 20 heavy (non-hydrogen) atoms. The fourth-order valence-electron chi connectivity index (χ4n) is 2.37. The molecule has 1 saturated heterocycles. The van der Waals surface area contributed by atoms with Crippen molar-refractivity contribution in [2.75, 3.05) is 31.2 Å². The number of rotatable bonds is 5. The third-order valence-corrected chi connectivity index (χ3v) is 3.20. The first-order valence-corrected chi connectivity index (χ1v) is 6.99. The molecular weight excluding hydrogens is 258 g/mol. The lowest BCUT2D eigenvalue weighted by Gasteiger charge is -2.29. The van der Waals surface area contributed by atoms with Crippen LogP contribution in [0.2, 0.25) is 0 Å². The van der Waals surface area contributed by atoms with Crippen LogP contribution in [-0.4, -0.2) is 36.2 Å². The summed E-state index contributed by atoms with van der Waals surface area (Å²) >= 11 is 0. The van der Waals surface area contributed by atoms with Crippen LogP contribution in [0.25, 0.3) is 0 Å². The molecule has 0 N–H and O–H groups in total. The molecule has 2 heterocycles. The molecule has 1 aromatic heterocycles. The highest BCUT2D eigenvalue weighted by Gasteiger charge is 2.15. The zero-order valence-electron chi connectivity index (χ0n) is 12.0. The molecule has 0 amide bonds. The van der Waals surface area contributed by atoms with Gasteiger partial charge in [-0.1, -0.05) is 13.8 Å². The molecular formula is C14H21N3O3. The molecule has 110 valence electrons. The fourth-order valence-corrected chi connectivity index (χ4v) is 2.37. The maximum absolute atomic E-state index is 10.7. The summed E-state index contributed by atoms with van der Waals surface area (Å²) in [6.45, 7) is 7.07. The first kappa shape index (κ1) is 14.7. The molecule has 1 fully saturated rings. The molecule has 2 rings (SSSR count). The Morgan fingerprint density at radius 3 is 2.60 bits per heavy atom. The number of hydrogen-bond acceptors (Lipinski definition) is 5. The Labute approximate surface area is 118 Å². The van der Waals surface area contributed by atoms with E-state index in [1.54, 1.807) is 0 Å². The van der Waals surface area contributed by atoms with E-state index in [0.717, 1.165) is 30.9 Å². The second kappa shape index (κ2) is 6.65. The Morgan fingerprint density at radius 1 is 1.35 bits per heavy atom. The van der Waals surface area contributed by atoms with Crippen LogP contribution >= 0.6 is 0 Å². The lowest BCUT2D eigenvalue weighted by Crippen LogP contribution is -2.36. The van der Waals surface area contributed by atoms with Gasteiger partial charge in [0.15, 0.2) is 0 Å². The number of pyridine rings is 1. The van der Waals surface area contributed by atoms with Crippen LogP contribution in [-0.2, 0) is 17.7 Å². The van der Waals surface area contributed by atoms with Gasteiger partial charge in [0.25, 0.3) is 0 Å². The van der Waals surface area contributed by atoms with Crippen molar-refractivity contribution < 1.29 is 9.66 Å². The number of morpholine rings is 1. The molecule has 0 aliphatic carbocycles. The predicted octanol–water partition coefficient (Wildman–Crippen LogP) is 1.89. The number of anilines is 1. The normalized spacial score (nSPS) is 15.7. The van der Waals surface area contributed by atoms with Gasteiger partial charge in [-0.05, 0) is 24.5 Å². The Kier molecular flexibility index (Phi) is 4.89. The number of nitro groups is 1. The highest BCUT2D eigenvalue weighted by molar-refractivity contribution is 5.48. The number of aromatic nitrogens is 1. The largest absolute Gasteiger partial charge is 0.378 e. The van der Waals surface area contributed by atoms with Gasteiger partial charge in [0.2, 0.25) is 6.54 Å². The average molecular weight is 279 g/mol. The average Bonchev–Trinajstić information content (AvgIpc) is 2.38. The van der Waals surface area contributed by atoms with E-state index >= 15 is 0 Å². The van der Waals surface area contributed by atoms with Crippen LogP contribution in [0.15, 0.2) is 12.1 Å². The minimum atomic E-state index is -0.329. The number of ether oxygens (including phenoxy) is 1. The van der Waals surface area contributed by atoms with Crippen LogP contribution in [0.3, 0.4) is 0 Å². The Hall–Kier alpha value is -1.69. The highest BCUT2D eigenvalue weighted by Crippen LogP contribution is 2.20. The highest BCUT2D eigenvalue weighted by atomic mass is 16.6. The molecule has 0 radical (unpaired) electrons. The van der Waals surface area contributed by atoms with Gasteiger partial charge in [0.1, 0.15) is 5.69 Å². The molecule has 6 heteroatoms. The summed E-state index contributed by atoms with van der Waals surface area (Å²) < 4.78 is 5.35. The van der Waals surface area contributed by atoms with Gasteiger partial charge < -0.3 is 9.64 Å². The molecule has 1 aliphatic rings. The van der Waals surface area contributed by atoms with Crippen LogP contribution in [0.5, 0.6) is 0 Å². The van der Waals surface area contributed by atoms with E-state index < -0.39 is 0 Å². The summed E-state index contributed by atoms with van der Waals surface area (Å²) in [7, 11) is 0. The van der Waals surface area contributed by atoms with Gasteiger partial charge in [-0.25, -0.2) is 0 Å². The van der Waals surface area contributed by atoms with Crippen molar-refractivity contribution >= 4 is 5.69 Å². The molecule has 1 aliphatic heterocycles. The molecule has 0 spiro atoms. The molecule has 0 unspecified atom stereocenters. The summed E-state index contributed by atoms with van der Waals surface area (Å²) in [6, 6.07) is 3.88. The summed E-state index contributed by atoms with van der Waals surface area (Å²) in [5.41, 5.74) is 2.49. The van der Waals surface area contributed by atoms with E-state index in [-0.39, 0.29) is 11.5 Å². The predicted molar refractivity (Wildman–Crippen MR) is 76.5 cm³/mol. The van der Waals surface area contributed by atoms with Crippen molar-refractivity contribution in [3.05, 3.63) is 33.6 Å². The summed E-state index contributed by atoms with van der Waals surface area (Å²) in [4.78, 5) is 17.0. The van der Waals surface area contributed by atoms with E-state index in [0.29, 0.717) is 24.8 Å². The molecule has 0 aromatic carbocycles. The van der Waals surface area contributed by atoms with Crippen LogP contribution in [0.1, 0.15) is 25.2 Å². The zero-order chi connectivity index (χ0) is 14.5. The smallest absolute Gasteiger partial charge is 0.245 e. The maximum atomic E-state index is 10.7. The Balaban J connectivity index is 2.25. The standard InChI is InChI=1S/C14H21N3O3/c1-11(2)7-12-8-14(16-3-5-20-6-4-16)9-13(15-12)10-17(18)19/h8-9,11H,3-7,10H2,1-2H3. The van der Waals surface area contributed by atoms with Crippen molar-refractivity contribution in [1.82, 2.24) is 4.98 Å². The van der Waals surface area contributed by atoms with E-state index in [1.165, 1.54) is 0 Å². The SMILES string of the molecule is CC(C)Cc1cc(N2CCOCC2)cc(C[N+](=O)[O-])n1. The van der Waals surface area contributed by atoms with Crippen molar-refractivity contribution in [3.63, 3.8) is 0 Å². The summed E-state index contributed by atoms with van der Waals surface area (Å²) in [5.74, 6) is 0.478. The minimum Gasteiger partial charge on any atom is -0.378 e. The van der Waals surface area contributed by atoms with Gasteiger partial charge in [-0.15, -0.1) is 0 Å². The first-order valence-electron chi connectivity index (χ1n) is 6.99. The lowest BCUT2D eigenvalue weighted by atomic mass is 10.1. The van der Waals surface area contributed by atoms with E-state index in [4.69, 9.17) is 4.74 Å². The molecule has 0 bridgehead atoms. The summed E-state index contributed by atoms with van der Waals surface area (Å²) in [5, 5.41) is 10.7. The minimum absolute atomic E-state index is 0.219. The maximum Gasteiger partial charge on any atom is 0.245 e. The third kappa shape index (κ3) is 4.16. The number of nitrogens with zero attached hydrogens (tertiary/aromatic N) is 3. The lowest BCUT2D eigenvalue weighted by molar-refractivity contribution is -0.497. The van der Waals surface area contributed by atoms with Gasteiger partial charge in [-0.3, -0.25) is 15.1 Å². The summed E-state index contributed by atoms with van der Waals surface area (Å²) in [6.07, 6.45) is 0.836. The van der Waals surface area contributed by atoms with E-state index in [1.807, 2.05) is 6.07 Å². The van der Waals surface area contributed by atoms with Crippen LogP contribution in [0, 0.1) is 16.0 Å². The molecule has 6 nitrogen and oxygen atoms in total. The van der Waals surface area contributed by atoms with E-state index in [9.17, 15) is 10.1 Å². The Bertz CT molecular complexity index is 471. The van der Waals surface area contributed by atoms with Gasteiger partial charge in [0.05, 0.1) is 13.2 Å². The second-order valence-electron chi connectivity index (χ2n) is 5.50. The molecule has 1 aromatic rings. The third-order valence-electron chi connectivity index (χ3n) is 3.20. The quantitative estimate of drug-likeness (QED) is 0.608. The molecule has 0 atom stereocenters. The van der Waals surface area contributed by atoms with Crippen molar-refractivity contribution in [1.29, 1.82) is 0 Å². The van der Waals surface area contributed by atoms with Gasteiger partial charge in [-0.2, -0.15) is 0 Å². The van der Waals surface area contributed by atoms with Crippen LogP contribution in [0.4, 0.5) is 5.69 Å². The molecule has 0 saturated carbocycles. The second-order valence-corrected chi connectivity index (χ2v) is 5.50. The topological polar surface area (TPSA) is 68.5 Å². The van der Waals surface area contributed by atoms with E-state index in [2.05, 4.69) is 29.8 Å². The van der Waals surface area contributed by atoms with Crippen LogP contribution < -0.4 is 4.90 Å². The fraction of sp³-hybridized carbons (Fsp3) is 0.643. The zero-order valence-corrected chi connectivity index (χ0v) is 12.0. The number of hydrogen-bond donors (Lipinski definition) is 0. The van der Waals surface area contributed by atoms with Crippen molar-refractivity contribution in [3.8, 4) is 0 Å². The van der Waals surface area contributed by atoms with Gasteiger partial charge in [0, 0.05) is 29.4 Å². The van der Waals surface area contributed by atoms with Crippen molar-refractivity contribution in [2.45, 2.75) is 26.8 Å². The van der Waals surface area contributed by atoms with Gasteiger partial charge >= 0.3 is 0 Å².